The van der Waals surface area contributed by atoms with E-state index in [0.29, 0.717) is 18.0 Å². The standard InChI is InChI=1S/C22H36ClN5O.HI/c1-16(2)27-10-5-6-17(14-27)13-25-22(24-3)26-19-9-11-28(15-19)20-12-18(23)7-8-21(20)29-4;/h7-8,12,16-17,19H,5-6,9-11,13-15H2,1-4H3,(H2,24,25,26);1H. The molecular formula is C22H37ClIN5O. The van der Waals surface area contributed by atoms with Crippen LogP contribution in [0.2, 0.25) is 5.02 Å². The molecule has 2 N–H and O–H groups in total. The number of methoxy groups -OCH3 is 1. The molecule has 170 valence electrons. The third-order valence-electron chi connectivity index (χ3n) is 6.07. The fourth-order valence-corrected chi connectivity index (χ4v) is 4.54. The number of halogens is 2. The van der Waals surface area contributed by atoms with Crippen molar-refractivity contribution in [3.8, 4) is 5.75 Å². The Balaban J connectivity index is 0.00000320. The lowest BCUT2D eigenvalue weighted by Crippen LogP contribution is -2.48. The number of ether oxygens (including phenoxy) is 1. The van der Waals surface area contributed by atoms with Crippen LogP contribution < -0.4 is 20.3 Å². The highest BCUT2D eigenvalue weighted by atomic mass is 127. The zero-order chi connectivity index (χ0) is 20.8. The summed E-state index contributed by atoms with van der Waals surface area (Å²) in [5.41, 5.74) is 1.06. The van der Waals surface area contributed by atoms with Crippen LogP contribution in [0.3, 0.4) is 0 Å². The van der Waals surface area contributed by atoms with Gasteiger partial charge in [0.25, 0.3) is 0 Å². The van der Waals surface area contributed by atoms with Gasteiger partial charge >= 0.3 is 0 Å². The summed E-state index contributed by atoms with van der Waals surface area (Å²) in [6.07, 6.45) is 3.63. The van der Waals surface area contributed by atoms with Crippen molar-refractivity contribution < 1.29 is 4.74 Å². The van der Waals surface area contributed by atoms with Crippen molar-refractivity contribution >= 4 is 47.2 Å². The van der Waals surface area contributed by atoms with Crippen LogP contribution in [0, 0.1) is 5.92 Å². The number of piperidine rings is 1. The monoisotopic (exact) mass is 549 g/mol. The van der Waals surface area contributed by atoms with Crippen LogP contribution in [0.5, 0.6) is 5.75 Å². The first-order valence-electron chi connectivity index (χ1n) is 10.8. The molecule has 0 spiro atoms. The van der Waals surface area contributed by atoms with E-state index in [1.807, 2.05) is 25.2 Å². The third-order valence-corrected chi connectivity index (χ3v) is 6.31. The van der Waals surface area contributed by atoms with Crippen LogP contribution in [-0.4, -0.2) is 69.8 Å². The minimum Gasteiger partial charge on any atom is -0.495 e. The molecule has 0 amide bonds. The number of hydrogen-bond acceptors (Lipinski definition) is 4. The number of anilines is 1. The largest absolute Gasteiger partial charge is 0.495 e. The highest BCUT2D eigenvalue weighted by Gasteiger charge is 2.26. The van der Waals surface area contributed by atoms with Crippen molar-refractivity contribution in [1.29, 1.82) is 0 Å². The number of likely N-dealkylation sites (tertiary alicyclic amines) is 1. The van der Waals surface area contributed by atoms with E-state index in [9.17, 15) is 0 Å². The van der Waals surface area contributed by atoms with E-state index in [2.05, 4.69) is 39.3 Å². The Morgan fingerprint density at radius 3 is 2.77 bits per heavy atom. The maximum Gasteiger partial charge on any atom is 0.191 e. The molecule has 2 aliphatic rings. The molecular weight excluding hydrogens is 513 g/mol. The van der Waals surface area contributed by atoms with E-state index in [4.69, 9.17) is 16.3 Å². The highest BCUT2D eigenvalue weighted by Crippen LogP contribution is 2.33. The Labute approximate surface area is 203 Å². The summed E-state index contributed by atoms with van der Waals surface area (Å²) in [6, 6.07) is 6.77. The van der Waals surface area contributed by atoms with E-state index in [0.717, 1.165) is 48.5 Å². The van der Waals surface area contributed by atoms with Crippen molar-refractivity contribution in [3.63, 3.8) is 0 Å². The number of hydrogen-bond donors (Lipinski definition) is 2. The first-order chi connectivity index (χ1) is 14.0. The zero-order valence-electron chi connectivity index (χ0n) is 18.7. The van der Waals surface area contributed by atoms with E-state index in [1.165, 1.54) is 25.9 Å². The number of rotatable bonds is 6. The smallest absolute Gasteiger partial charge is 0.191 e. The average molecular weight is 550 g/mol. The molecule has 6 nitrogen and oxygen atoms in total. The van der Waals surface area contributed by atoms with Crippen LogP contribution in [0.15, 0.2) is 23.2 Å². The molecule has 0 bridgehead atoms. The molecule has 1 aromatic rings. The molecule has 1 aromatic carbocycles. The number of aliphatic imine (C=N–C) groups is 1. The molecule has 0 saturated carbocycles. The summed E-state index contributed by atoms with van der Waals surface area (Å²) in [6.45, 7) is 9.83. The predicted molar refractivity (Wildman–Crippen MR) is 138 cm³/mol. The number of nitrogens with one attached hydrogen (secondary N) is 2. The van der Waals surface area contributed by atoms with Gasteiger partial charge in [0.15, 0.2) is 5.96 Å². The lowest BCUT2D eigenvalue weighted by Gasteiger charge is -2.35. The fraction of sp³-hybridized carbons (Fsp3) is 0.682. The summed E-state index contributed by atoms with van der Waals surface area (Å²) < 4.78 is 5.52. The second-order valence-corrected chi connectivity index (χ2v) is 8.88. The quantitative estimate of drug-likeness (QED) is 0.321. The maximum atomic E-state index is 6.21. The highest BCUT2D eigenvalue weighted by molar-refractivity contribution is 14.0. The second-order valence-electron chi connectivity index (χ2n) is 8.44. The number of nitrogens with zero attached hydrogens (tertiary/aromatic N) is 3. The molecule has 3 rings (SSSR count). The molecule has 30 heavy (non-hydrogen) atoms. The van der Waals surface area contributed by atoms with Gasteiger partial charge in [-0.05, 0) is 63.8 Å². The van der Waals surface area contributed by atoms with Gasteiger partial charge in [0, 0.05) is 50.3 Å². The van der Waals surface area contributed by atoms with Gasteiger partial charge in [-0.15, -0.1) is 24.0 Å². The Morgan fingerprint density at radius 2 is 2.07 bits per heavy atom. The zero-order valence-corrected chi connectivity index (χ0v) is 21.7. The van der Waals surface area contributed by atoms with E-state index >= 15 is 0 Å². The SMILES string of the molecule is CN=C(NCC1CCCN(C(C)C)C1)NC1CCN(c2cc(Cl)ccc2OC)C1.I. The van der Waals surface area contributed by atoms with Gasteiger partial charge in [0.2, 0.25) is 0 Å². The van der Waals surface area contributed by atoms with Gasteiger partial charge in [0.1, 0.15) is 5.75 Å². The minimum atomic E-state index is 0. The molecule has 8 heteroatoms. The lowest BCUT2D eigenvalue weighted by atomic mass is 9.97. The normalized spacial score (nSPS) is 22.7. The molecule has 2 unspecified atom stereocenters. The third kappa shape index (κ3) is 6.79. The number of guanidine groups is 1. The second kappa shape index (κ2) is 12.2. The lowest BCUT2D eigenvalue weighted by molar-refractivity contribution is 0.141. The van der Waals surface area contributed by atoms with Crippen molar-refractivity contribution in [1.82, 2.24) is 15.5 Å². The molecule has 2 saturated heterocycles. The van der Waals surface area contributed by atoms with Crippen molar-refractivity contribution in [2.75, 3.05) is 51.8 Å². The summed E-state index contributed by atoms with van der Waals surface area (Å²) >= 11 is 6.21. The summed E-state index contributed by atoms with van der Waals surface area (Å²) in [5.74, 6) is 2.45. The van der Waals surface area contributed by atoms with E-state index in [1.54, 1.807) is 7.11 Å². The molecule has 0 aromatic heterocycles. The van der Waals surface area contributed by atoms with Gasteiger partial charge in [-0.3, -0.25) is 4.99 Å². The predicted octanol–water partition coefficient (Wildman–Crippen LogP) is 3.83. The van der Waals surface area contributed by atoms with Gasteiger partial charge in [-0.2, -0.15) is 0 Å². The van der Waals surface area contributed by atoms with Crippen molar-refractivity contribution in [2.24, 2.45) is 10.9 Å². The maximum absolute atomic E-state index is 6.21. The minimum absolute atomic E-state index is 0. The molecule has 0 aliphatic carbocycles. The Bertz CT molecular complexity index is 702. The first-order valence-corrected chi connectivity index (χ1v) is 11.2. The van der Waals surface area contributed by atoms with Crippen LogP contribution in [0.25, 0.3) is 0 Å². The summed E-state index contributed by atoms with van der Waals surface area (Å²) in [7, 11) is 3.55. The van der Waals surface area contributed by atoms with Gasteiger partial charge in [0.05, 0.1) is 12.8 Å². The van der Waals surface area contributed by atoms with Gasteiger partial charge < -0.3 is 25.2 Å². The summed E-state index contributed by atoms with van der Waals surface area (Å²) in [5, 5.41) is 7.89. The Kier molecular flexibility index (Phi) is 10.3. The van der Waals surface area contributed by atoms with Crippen LogP contribution >= 0.6 is 35.6 Å². The fourth-order valence-electron chi connectivity index (χ4n) is 4.37. The van der Waals surface area contributed by atoms with Crippen LogP contribution in [0.4, 0.5) is 5.69 Å². The Morgan fingerprint density at radius 1 is 1.27 bits per heavy atom. The molecule has 2 heterocycles. The first kappa shape index (κ1) is 25.3. The number of benzene rings is 1. The topological polar surface area (TPSA) is 52.1 Å². The van der Waals surface area contributed by atoms with Crippen LogP contribution in [-0.2, 0) is 0 Å². The van der Waals surface area contributed by atoms with Gasteiger partial charge in [-0.1, -0.05) is 11.6 Å². The van der Waals surface area contributed by atoms with Crippen LogP contribution in [0.1, 0.15) is 33.1 Å². The molecule has 2 fully saturated rings. The molecule has 2 aliphatic heterocycles. The van der Waals surface area contributed by atoms with E-state index < -0.39 is 0 Å². The van der Waals surface area contributed by atoms with Crippen molar-refractivity contribution in [2.45, 2.75) is 45.2 Å². The van der Waals surface area contributed by atoms with E-state index in [-0.39, 0.29) is 24.0 Å². The molecule has 0 radical (unpaired) electrons. The average Bonchev–Trinajstić information content (AvgIpc) is 3.19. The van der Waals surface area contributed by atoms with Gasteiger partial charge in [-0.25, -0.2) is 0 Å². The summed E-state index contributed by atoms with van der Waals surface area (Å²) in [4.78, 5) is 9.37. The Hall–Kier alpha value is -0.930. The molecule has 2 atom stereocenters. The van der Waals surface area contributed by atoms with Crippen molar-refractivity contribution in [3.05, 3.63) is 23.2 Å².